The van der Waals surface area contributed by atoms with Crippen molar-refractivity contribution in [1.82, 2.24) is 9.97 Å². The summed E-state index contributed by atoms with van der Waals surface area (Å²) in [6, 6.07) is 10.9. The molecule has 1 N–H and O–H groups in total. The standard InChI is InChI=1S/C24H17ClFN5O4S/c1-34-18-9-14(4-5-17(18)26)31(8-7-27)23(32)19-10-15-16(12-29-22(25)21(15)36-19)13-3-6-20(28-11-13)30-24(33)35-2/h3-6,9-12H,8H2,1-2H3,(H,28,30,33). The van der Waals surface area contributed by atoms with Gasteiger partial charge in [0.1, 0.15) is 17.5 Å². The first-order chi connectivity index (χ1) is 17.4. The second-order valence-electron chi connectivity index (χ2n) is 7.23. The number of hydrogen-bond donors (Lipinski definition) is 1. The van der Waals surface area contributed by atoms with Gasteiger partial charge in [0.25, 0.3) is 5.91 Å². The van der Waals surface area contributed by atoms with E-state index in [0.29, 0.717) is 37.6 Å². The van der Waals surface area contributed by atoms with Crippen molar-refractivity contribution in [2.24, 2.45) is 0 Å². The van der Waals surface area contributed by atoms with Gasteiger partial charge in [0.2, 0.25) is 0 Å². The maximum atomic E-state index is 13.9. The van der Waals surface area contributed by atoms with Crippen molar-refractivity contribution in [2.45, 2.75) is 0 Å². The van der Waals surface area contributed by atoms with Gasteiger partial charge in [-0.2, -0.15) is 5.26 Å². The minimum atomic E-state index is -0.646. The summed E-state index contributed by atoms with van der Waals surface area (Å²) in [5, 5.41) is 12.7. The molecule has 0 saturated carbocycles. The molecule has 0 spiro atoms. The number of anilines is 2. The lowest BCUT2D eigenvalue weighted by molar-refractivity contribution is 0.0994. The summed E-state index contributed by atoms with van der Waals surface area (Å²) in [4.78, 5) is 34.8. The molecule has 3 heterocycles. The van der Waals surface area contributed by atoms with E-state index in [2.05, 4.69) is 20.0 Å². The number of aromatic nitrogens is 2. The molecule has 0 fully saturated rings. The number of thiophene rings is 1. The number of benzene rings is 1. The number of carbonyl (C=O) groups is 2. The Morgan fingerprint density at radius 2 is 2.00 bits per heavy atom. The maximum absolute atomic E-state index is 13.9. The van der Waals surface area contributed by atoms with Crippen LogP contribution in [0, 0.1) is 17.1 Å². The van der Waals surface area contributed by atoms with Gasteiger partial charge in [-0.25, -0.2) is 19.2 Å². The molecule has 0 aliphatic heterocycles. The number of nitrogens with zero attached hydrogens (tertiary/aromatic N) is 4. The summed E-state index contributed by atoms with van der Waals surface area (Å²) in [5.41, 5.74) is 1.64. The SMILES string of the molecule is COC(=O)Nc1ccc(-c2cnc(Cl)c3sc(C(=O)N(CC#N)c4ccc(F)c(OC)c4)cc23)cn1. The van der Waals surface area contributed by atoms with E-state index in [4.69, 9.17) is 16.3 Å². The molecular weight excluding hydrogens is 509 g/mol. The van der Waals surface area contributed by atoms with Gasteiger partial charge >= 0.3 is 6.09 Å². The van der Waals surface area contributed by atoms with Gasteiger partial charge in [-0.05, 0) is 30.3 Å². The fourth-order valence-corrected chi connectivity index (χ4v) is 4.69. The molecule has 0 bridgehead atoms. The van der Waals surface area contributed by atoms with E-state index in [1.807, 2.05) is 6.07 Å². The molecule has 0 aliphatic carbocycles. The van der Waals surface area contributed by atoms with Crippen LogP contribution in [0.5, 0.6) is 5.75 Å². The summed E-state index contributed by atoms with van der Waals surface area (Å²) in [5.74, 6) is -0.806. The Hall–Kier alpha value is -4.27. The zero-order valence-electron chi connectivity index (χ0n) is 18.9. The lowest BCUT2D eigenvalue weighted by atomic mass is 10.1. The molecule has 0 atom stereocenters. The fourth-order valence-electron chi connectivity index (χ4n) is 3.41. The third-order valence-electron chi connectivity index (χ3n) is 5.14. The average Bonchev–Trinajstić information content (AvgIpc) is 3.35. The third kappa shape index (κ3) is 4.91. The molecule has 0 unspecified atom stereocenters. The monoisotopic (exact) mass is 525 g/mol. The summed E-state index contributed by atoms with van der Waals surface area (Å²) in [6.45, 7) is -0.265. The second-order valence-corrected chi connectivity index (χ2v) is 8.64. The van der Waals surface area contributed by atoms with Crippen molar-refractivity contribution < 1.29 is 23.5 Å². The predicted octanol–water partition coefficient (Wildman–Crippen LogP) is 5.51. The number of nitriles is 1. The molecular formula is C24H17ClFN5O4S. The van der Waals surface area contributed by atoms with E-state index in [1.165, 1.54) is 37.3 Å². The normalized spacial score (nSPS) is 10.5. The van der Waals surface area contributed by atoms with Gasteiger partial charge < -0.3 is 9.47 Å². The third-order valence-corrected chi connectivity index (χ3v) is 6.67. The summed E-state index contributed by atoms with van der Waals surface area (Å²) >= 11 is 7.46. The molecule has 36 heavy (non-hydrogen) atoms. The van der Waals surface area contributed by atoms with Crippen LogP contribution in [0.4, 0.5) is 20.7 Å². The molecule has 182 valence electrons. The summed E-state index contributed by atoms with van der Waals surface area (Å²) in [7, 11) is 2.56. The maximum Gasteiger partial charge on any atom is 0.412 e. The van der Waals surface area contributed by atoms with Gasteiger partial charge in [-0.15, -0.1) is 11.3 Å². The Labute approximate surface area is 213 Å². The van der Waals surface area contributed by atoms with Crippen molar-refractivity contribution in [1.29, 1.82) is 5.26 Å². The zero-order valence-corrected chi connectivity index (χ0v) is 20.5. The highest BCUT2D eigenvalue weighted by Crippen LogP contribution is 2.38. The number of rotatable bonds is 6. The summed E-state index contributed by atoms with van der Waals surface area (Å²) in [6.07, 6.45) is 2.46. The number of fused-ring (bicyclic) bond motifs is 1. The largest absolute Gasteiger partial charge is 0.494 e. The molecule has 1 aromatic carbocycles. The van der Waals surface area contributed by atoms with Gasteiger partial charge in [0.05, 0.1) is 29.9 Å². The minimum absolute atomic E-state index is 0.0493. The molecule has 2 amide bonds. The number of hydrogen-bond acceptors (Lipinski definition) is 8. The second kappa shape index (κ2) is 10.6. The van der Waals surface area contributed by atoms with Crippen LogP contribution in [-0.4, -0.2) is 42.7 Å². The Morgan fingerprint density at radius 3 is 2.67 bits per heavy atom. The van der Waals surface area contributed by atoms with Crippen molar-refractivity contribution >= 4 is 56.5 Å². The fraction of sp³-hybridized carbons (Fsp3) is 0.125. The first-order valence-electron chi connectivity index (χ1n) is 10.3. The smallest absolute Gasteiger partial charge is 0.412 e. The Bertz CT molecular complexity index is 1500. The number of carbonyl (C=O) groups excluding carboxylic acids is 2. The van der Waals surface area contributed by atoms with Gasteiger partial charge in [0.15, 0.2) is 11.6 Å². The molecule has 0 saturated heterocycles. The molecule has 4 aromatic rings. The van der Waals surface area contributed by atoms with E-state index in [9.17, 15) is 19.2 Å². The van der Waals surface area contributed by atoms with E-state index < -0.39 is 17.8 Å². The van der Waals surface area contributed by atoms with E-state index in [-0.39, 0.29) is 17.4 Å². The van der Waals surface area contributed by atoms with Crippen LogP contribution < -0.4 is 15.0 Å². The number of pyridine rings is 2. The Morgan fingerprint density at radius 1 is 1.19 bits per heavy atom. The van der Waals surface area contributed by atoms with Gasteiger partial charge in [0, 0.05) is 40.7 Å². The van der Waals surface area contributed by atoms with Crippen LogP contribution in [0.15, 0.2) is 48.8 Å². The first-order valence-corrected chi connectivity index (χ1v) is 11.5. The minimum Gasteiger partial charge on any atom is -0.494 e. The van der Waals surface area contributed by atoms with Crippen LogP contribution >= 0.6 is 22.9 Å². The van der Waals surface area contributed by atoms with Crippen molar-refractivity contribution in [3.63, 3.8) is 0 Å². The van der Waals surface area contributed by atoms with Crippen molar-refractivity contribution in [3.8, 4) is 22.9 Å². The van der Waals surface area contributed by atoms with Gasteiger partial charge in [-0.3, -0.25) is 15.0 Å². The van der Waals surface area contributed by atoms with Crippen LogP contribution in [-0.2, 0) is 4.74 Å². The number of amides is 2. The van der Waals surface area contributed by atoms with Gasteiger partial charge in [-0.1, -0.05) is 11.6 Å². The molecule has 0 aliphatic rings. The van der Waals surface area contributed by atoms with E-state index in [0.717, 1.165) is 11.3 Å². The number of ether oxygens (including phenoxy) is 2. The molecule has 9 nitrogen and oxygen atoms in total. The predicted molar refractivity (Wildman–Crippen MR) is 134 cm³/mol. The number of halogens is 2. The highest BCUT2D eigenvalue weighted by atomic mass is 35.5. The molecule has 12 heteroatoms. The molecule has 0 radical (unpaired) electrons. The van der Waals surface area contributed by atoms with Crippen LogP contribution in [0.25, 0.3) is 21.2 Å². The zero-order chi connectivity index (χ0) is 25.8. The average molecular weight is 526 g/mol. The van der Waals surface area contributed by atoms with Crippen molar-refractivity contribution in [3.05, 3.63) is 64.6 Å². The van der Waals surface area contributed by atoms with Crippen LogP contribution in [0.1, 0.15) is 9.67 Å². The highest BCUT2D eigenvalue weighted by Gasteiger charge is 2.23. The highest BCUT2D eigenvalue weighted by molar-refractivity contribution is 7.21. The lowest BCUT2D eigenvalue weighted by Gasteiger charge is -2.19. The molecule has 3 aromatic heterocycles. The van der Waals surface area contributed by atoms with Crippen LogP contribution in [0.3, 0.4) is 0 Å². The van der Waals surface area contributed by atoms with Crippen LogP contribution in [0.2, 0.25) is 5.15 Å². The topological polar surface area (TPSA) is 117 Å². The number of nitrogens with one attached hydrogen (secondary N) is 1. The van der Waals surface area contributed by atoms with E-state index in [1.54, 1.807) is 30.6 Å². The first kappa shape index (κ1) is 24.8. The number of methoxy groups -OCH3 is 2. The Balaban J connectivity index is 1.73. The lowest BCUT2D eigenvalue weighted by Crippen LogP contribution is -2.30. The summed E-state index contributed by atoms with van der Waals surface area (Å²) < 4.78 is 24.0. The quantitative estimate of drug-likeness (QED) is 0.260. The molecule has 4 rings (SSSR count). The van der Waals surface area contributed by atoms with E-state index >= 15 is 0 Å². The Kier molecular flexibility index (Phi) is 7.28. The van der Waals surface area contributed by atoms with Crippen molar-refractivity contribution in [2.75, 3.05) is 31.0 Å².